The number of benzene rings is 2. The number of aromatic nitrogens is 1. The van der Waals surface area contributed by atoms with E-state index >= 15 is 0 Å². The number of ether oxygens (including phenoxy) is 2. The smallest absolute Gasteiger partial charge is 0.174 e. The third-order valence-corrected chi connectivity index (χ3v) is 5.07. The summed E-state index contributed by atoms with van der Waals surface area (Å²) in [5, 5.41) is 4.01. The Morgan fingerprint density at radius 1 is 1.03 bits per heavy atom. The zero-order chi connectivity index (χ0) is 21.0. The van der Waals surface area contributed by atoms with Crippen LogP contribution < -0.4 is 15.2 Å². The largest absolute Gasteiger partial charge is 0.496 e. The van der Waals surface area contributed by atoms with Crippen LogP contribution in [0.2, 0.25) is 0 Å². The molecule has 0 aliphatic rings. The molecule has 3 aromatic rings. The molecule has 0 atom stereocenters. The molecule has 31 heavy (non-hydrogen) atoms. The predicted molar refractivity (Wildman–Crippen MR) is 127 cm³/mol. The maximum absolute atomic E-state index is 12.1. The van der Waals surface area contributed by atoms with Crippen molar-refractivity contribution in [3.63, 3.8) is 0 Å². The minimum absolute atomic E-state index is 0. The van der Waals surface area contributed by atoms with E-state index in [-0.39, 0.29) is 37.0 Å². The average Bonchev–Trinajstić information content (AvgIpc) is 3.20. The molecule has 3 rings (SSSR count). The van der Waals surface area contributed by atoms with Crippen LogP contribution in [0.3, 0.4) is 0 Å². The Kier molecular flexibility index (Phi) is 10.0. The van der Waals surface area contributed by atoms with Gasteiger partial charge in [-0.05, 0) is 61.3 Å². The van der Waals surface area contributed by atoms with Crippen molar-refractivity contribution < 1.29 is 18.8 Å². The quantitative estimate of drug-likeness (QED) is 0.505. The maximum Gasteiger partial charge on any atom is 0.174 e. The van der Waals surface area contributed by atoms with Gasteiger partial charge < -0.3 is 19.7 Å². The Labute approximate surface area is 194 Å². The zero-order valence-electron chi connectivity index (χ0n) is 18.1. The first-order valence-corrected chi connectivity index (χ1v) is 9.47. The Morgan fingerprint density at radius 3 is 2.39 bits per heavy atom. The van der Waals surface area contributed by atoms with E-state index in [4.69, 9.17) is 19.7 Å². The van der Waals surface area contributed by atoms with Crippen LogP contribution in [0.25, 0.3) is 22.5 Å². The molecule has 6 nitrogen and oxygen atoms in total. The topological polar surface area (TPSA) is 87.6 Å². The molecule has 0 bridgehead atoms. The first kappa shape index (κ1) is 26.5. The molecule has 1 heterocycles. The first-order chi connectivity index (χ1) is 14.0. The summed E-state index contributed by atoms with van der Waals surface area (Å²) in [6.45, 7) is 4.39. The van der Waals surface area contributed by atoms with Crippen LogP contribution in [0, 0.1) is 13.8 Å². The summed E-state index contributed by atoms with van der Waals surface area (Å²) in [6.07, 6.45) is 2.30. The second-order valence-corrected chi connectivity index (χ2v) is 6.97. The van der Waals surface area contributed by atoms with Gasteiger partial charge in [0.05, 0.1) is 20.4 Å². The fourth-order valence-corrected chi connectivity index (χ4v) is 3.37. The highest BCUT2D eigenvalue weighted by molar-refractivity contribution is 5.86. The standard InChI is InChI=1S/C23H26N2O4.2ClH/c1-14-9-18(12-22(28-4)15(14)2)23-20(13-25-29-23)16-5-6-21(27-3)17(10-16)11-19(26)7-8-24;;/h5-6,9-10,12-13H,7-8,11,24H2,1-4H3;2*1H. The number of halogens is 2. The molecule has 2 N–H and O–H groups in total. The molecular formula is C23H28Cl2N2O4. The highest BCUT2D eigenvalue weighted by Crippen LogP contribution is 2.37. The Bertz CT molecular complexity index is 1030. The highest BCUT2D eigenvalue weighted by atomic mass is 35.5. The lowest BCUT2D eigenvalue weighted by atomic mass is 9.96. The summed E-state index contributed by atoms with van der Waals surface area (Å²) in [7, 11) is 3.25. The number of hydrogen-bond donors (Lipinski definition) is 1. The monoisotopic (exact) mass is 466 g/mol. The summed E-state index contributed by atoms with van der Waals surface area (Å²) in [5.74, 6) is 2.19. The van der Waals surface area contributed by atoms with Gasteiger partial charge in [0.2, 0.25) is 0 Å². The number of carbonyl (C=O) groups is 1. The second-order valence-electron chi connectivity index (χ2n) is 6.97. The van der Waals surface area contributed by atoms with E-state index in [9.17, 15) is 4.79 Å². The molecule has 0 radical (unpaired) electrons. The molecule has 0 amide bonds. The van der Waals surface area contributed by atoms with Gasteiger partial charge in [-0.15, -0.1) is 24.8 Å². The first-order valence-electron chi connectivity index (χ1n) is 9.47. The van der Waals surface area contributed by atoms with Crippen molar-refractivity contribution in [2.24, 2.45) is 5.73 Å². The molecule has 0 saturated carbocycles. The lowest BCUT2D eigenvalue weighted by Crippen LogP contribution is -2.10. The van der Waals surface area contributed by atoms with Gasteiger partial charge in [-0.25, -0.2) is 0 Å². The third-order valence-electron chi connectivity index (χ3n) is 5.07. The summed E-state index contributed by atoms with van der Waals surface area (Å²) in [6, 6.07) is 9.74. The van der Waals surface area contributed by atoms with Crippen molar-refractivity contribution in [1.82, 2.24) is 5.16 Å². The molecule has 168 valence electrons. The van der Waals surface area contributed by atoms with Gasteiger partial charge in [0.15, 0.2) is 5.76 Å². The van der Waals surface area contributed by atoms with Crippen LogP contribution in [0.15, 0.2) is 41.1 Å². The summed E-state index contributed by atoms with van der Waals surface area (Å²) < 4.78 is 16.5. The second kappa shape index (κ2) is 11.7. The van der Waals surface area contributed by atoms with E-state index < -0.39 is 0 Å². The van der Waals surface area contributed by atoms with Crippen molar-refractivity contribution in [3.8, 4) is 33.9 Å². The lowest BCUT2D eigenvalue weighted by molar-refractivity contribution is -0.118. The van der Waals surface area contributed by atoms with Gasteiger partial charge in [0.25, 0.3) is 0 Å². The van der Waals surface area contributed by atoms with Gasteiger partial charge in [-0.2, -0.15) is 0 Å². The van der Waals surface area contributed by atoms with Crippen LogP contribution in [0.4, 0.5) is 0 Å². The predicted octanol–water partition coefficient (Wildman–Crippen LogP) is 4.95. The fraction of sp³-hybridized carbons (Fsp3) is 0.304. The number of rotatable bonds is 8. The third kappa shape index (κ3) is 5.79. The van der Waals surface area contributed by atoms with Gasteiger partial charge in [0, 0.05) is 29.5 Å². The van der Waals surface area contributed by atoms with Crippen molar-refractivity contribution in [2.45, 2.75) is 26.7 Å². The van der Waals surface area contributed by atoms with E-state index in [1.54, 1.807) is 20.4 Å². The SMILES string of the molecule is COc1ccc(-c2cnoc2-c2cc(C)c(C)c(OC)c2)cc1CC(=O)CCN.Cl.Cl. The van der Waals surface area contributed by atoms with Crippen LogP contribution in [-0.2, 0) is 11.2 Å². The summed E-state index contributed by atoms with van der Waals surface area (Å²) >= 11 is 0. The average molecular weight is 467 g/mol. The van der Waals surface area contributed by atoms with Crippen molar-refractivity contribution >= 4 is 30.6 Å². The van der Waals surface area contributed by atoms with E-state index in [0.29, 0.717) is 24.5 Å². The number of nitrogens with zero attached hydrogens (tertiary/aromatic N) is 1. The normalized spacial score (nSPS) is 10.1. The van der Waals surface area contributed by atoms with Crippen molar-refractivity contribution in [2.75, 3.05) is 20.8 Å². The molecule has 0 saturated heterocycles. The molecule has 1 aromatic heterocycles. The molecule has 2 aromatic carbocycles. The molecule has 0 aliphatic heterocycles. The number of ketones is 1. The van der Waals surface area contributed by atoms with E-state index in [1.165, 1.54) is 0 Å². The van der Waals surface area contributed by atoms with Gasteiger partial charge >= 0.3 is 0 Å². The van der Waals surface area contributed by atoms with E-state index in [2.05, 4.69) is 11.2 Å². The maximum atomic E-state index is 12.1. The van der Waals surface area contributed by atoms with Crippen molar-refractivity contribution in [1.29, 1.82) is 0 Å². The van der Waals surface area contributed by atoms with E-state index in [1.807, 2.05) is 38.1 Å². The summed E-state index contributed by atoms with van der Waals surface area (Å²) in [5.41, 5.74) is 11.1. The molecule has 0 spiro atoms. The van der Waals surface area contributed by atoms with Gasteiger partial charge in [-0.1, -0.05) is 11.2 Å². The number of hydrogen-bond acceptors (Lipinski definition) is 6. The minimum Gasteiger partial charge on any atom is -0.496 e. The highest BCUT2D eigenvalue weighted by Gasteiger charge is 2.18. The number of Topliss-reactive ketones (excluding diaryl/α,β-unsaturated/α-hetero) is 1. The molecular weight excluding hydrogens is 439 g/mol. The molecule has 0 aliphatic carbocycles. The zero-order valence-corrected chi connectivity index (χ0v) is 19.7. The molecule has 0 unspecified atom stereocenters. The van der Waals surface area contributed by atoms with Crippen LogP contribution >= 0.6 is 24.8 Å². The fourth-order valence-electron chi connectivity index (χ4n) is 3.37. The van der Waals surface area contributed by atoms with Crippen LogP contribution in [-0.4, -0.2) is 31.7 Å². The lowest BCUT2D eigenvalue weighted by Gasteiger charge is -2.12. The summed E-state index contributed by atoms with van der Waals surface area (Å²) in [4.78, 5) is 12.1. The van der Waals surface area contributed by atoms with Crippen molar-refractivity contribution in [3.05, 3.63) is 53.2 Å². The van der Waals surface area contributed by atoms with Crippen LogP contribution in [0.1, 0.15) is 23.1 Å². The Hall–Kier alpha value is -2.54. The number of aryl methyl sites for hydroxylation is 1. The number of carbonyl (C=O) groups excluding carboxylic acids is 1. The molecule has 8 heteroatoms. The number of nitrogens with two attached hydrogens (primary N) is 1. The van der Waals surface area contributed by atoms with Crippen LogP contribution in [0.5, 0.6) is 11.5 Å². The minimum atomic E-state index is 0. The Morgan fingerprint density at radius 2 is 1.74 bits per heavy atom. The molecule has 0 fully saturated rings. The Balaban J connectivity index is 0.00000240. The number of methoxy groups -OCH3 is 2. The van der Waals surface area contributed by atoms with Gasteiger partial charge in [0.1, 0.15) is 17.3 Å². The van der Waals surface area contributed by atoms with E-state index in [0.717, 1.165) is 39.1 Å². The van der Waals surface area contributed by atoms with Gasteiger partial charge in [-0.3, -0.25) is 4.79 Å².